The average Bonchev–Trinajstić information content (AvgIpc) is 2.87. The summed E-state index contributed by atoms with van der Waals surface area (Å²) in [6.07, 6.45) is -0.345. The standard InChI is InChI=1S/C13H17N3O2S/c1-9-2-4-10(5-3-9)19-8-12-15-13(18-16-12)11(17)6-7-14/h2-5,11,17H,6-8,14H2,1H3/t11-/m0/s1. The van der Waals surface area contributed by atoms with E-state index in [-0.39, 0.29) is 5.89 Å². The SMILES string of the molecule is Cc1ccc(SCc2noc([C@@H](O)CCN)n2)cc1. The Morgan fingerprint density at radius 2 is 2.11 bits per heavy atom. The molecule has 6 heteroatoms. The molecule has 1 atom stereocenters. The molecule has 0 radical (unpaired) electrons. The van der Waals surface area contributed by atoms with Crippen LogP contribution in [-0.4, -0.2) is 21.8 Å². The number of nitrogens with two attached hydrogens (primary N) is 1. The van der Waals surface area contributed by atoms with Gasteiger partial charge in [-0.05, 0) is 32.0 Å². The molecular weight excluding hydrogens is 262 g/mol. The fourth-order valence-electron chi connectivity index (χ4n) is 1.53. The Kier molecular flexibility index (Phi) is 4.95. The van der Waals surface area contributed by atoms with Crippen molar-refractivity contribution >= 4 is 11.8 Å². The summed E-state index contributed by atoms with van der Waals surface area (Å²) >= 11 is 1.63. The smallest absolute Gasteiger partial charge is 0.255 e. The molecule has 2 aromatic rings. The van der Waals surface area contributed by atoms with Crippen LogP contribution in [0.5, 0.6) is 0 Å². The molecule has 0 unspecified atom stereocenters. The van der Waals surface area contributed by atoms with Crippen molar-refractivity contribution in [1.29, 1.82) is 0 Å². The summed E-state index contributed by atoms with van der Waals surface area (Å²) in [6, 6.07) is 8.25. The van der Waals surface area contributed by atoms with Crippen LogP contribution in [0.2, 0.25) is 0 Å². The van der Waals surface area contributed by atoms with Gasteiger partial charge in [-0.3, -0.25) is 0 Å². The van der Waals surface area contributed by atoms with Gasteiger partial charge >= 0.3 is 0 Å². The van der Waals surface area contributed by atoms with Crippen LogP contribution in [0.4, 0.5) is 0 Å². The van der Waals surface area contributed by atoms with Gasteiger partial charge in [0, 0.05) is 4.90 Å². The number of aryl methyl sites for hydroxylation is 1. The third-order valence-electron chi connectivity index (χ3n) is 2.60. The molecule has 0 amide bonds. The van der Waals surface area contributed by atoms with Crippen molar-refractivity contribution in [3.8, 4) is 0 Å². The normalized spacial score (nSPS) is 12.6. The molecule has 1 heterocycles. The first-order valence-electron chi connectivity index (χ1n) is 6.09. The maximum absolute atomic E-state index is 9.67. The number of thioether (sulfide) groups is 1. The number of rotatable bonds is 6. The highest BCUT2D eigenvalue weighted by Crippen LogP contribution is 2.22. The zero-order valence-corrected chi connectivity index (χ0v) is 11.6. The molecule has 102 valence electrons. The van der Waals surface area contributed by atoms with E-state index < -0.39 is 6.10 Å². The van der Waals surface area contributed by atoms with Crippen LogP contribution in [0, 0.1) is 6.92 Å². The molecule has 5 nitrogen and oxygen atoms in total. The van der Waals surface area contributed by atoms with Crippen LogP contribution in [0.1, 0.15) is 29.8 Å². The summed E-state index contributed by atoms with van der Waals surface area (Å²) < 4.78 is 5.01. The number of aliphatic hydroxyl groups is 1. The van der Waals surface area contributed by atoms with Gasteiger partial charge < -0.3 is 15.4 Å². The lowest BCUT2D eigenvalue weighted by Gasteiger charge is -2.01. The quantitative estimate of drug-likeness (QED) is 0.787. The minimum absolute atomic E-state index is 0.241. The minimum Gasteiger partial charge on any atom is -0.383 e. The Labute approximate surface area is 116 Å². The van der Waals surface area contributed by atoms with Crippen LogP contribution in [0.15, 0.2) is 33.7 Å². The fraction of sp³-hybridized carbons (Fsp3) is 0.385. The van der Waals surface area contributed by atoms with Crippen molar-refractivity contribution < 1.29 is 9.63 Å². The monoisotopic (exact) mass is 279 g/mol. The molecule has 3 N–H and O–H groups in total. The van der Waals surface area contributed by atoms with Gasteiger partial charge in [-0.25, -0.2) is 0 Å². The van der Waals surface area contributed by atoms with Gasteiger partial charge in [0.15, 0.2) is 5.82 Å². The van der Waals surface area contributed by atoms with E-state index in [4.69, 9.17) is 10.3 Å². The number of hydrogen-bond donors (Lipinski definition) is 2. The zero-order valence-electron chi connectivity index (χ0n) is 10.7. The number of hydrogen-bond acceptors (Lipinski definition) is 6. The molecule has 0 spiro atoms. The molecule has 0 fully saturated rings. The van der Waals surface area contributed by atoms with E-state index in [0.29, 0.717) is 24.5 Å². The van der Waals surface area contributed by atoms with Gasteiger partial charge in [0.25, 0.3) is 5.89 Å². The van der Waals surface area contributed by atoms with Crippen LogP contribution in [0.3, 0.4) is 0 Å². The van der Waals surface area contributed by atoms with E-state index in [0.717, 1.165) is 4.90 Å². The maximum atomic E-state index is 9.67. The van der Waals surface area contributed by atoms with Crippen molar-refractivity contribution in [1.82, 2.24) is 10.1 Å². The molecule has 0 bridgehead atoms. The van der Waals surface area contributed by atoms with Gasteiger partial charge in [-0.1, -0.05) is 22.9 Å². The van der Waals surface area contributed by atoms with E-state index in [9.17, 15) is 5.11 Å². The molecule has 1 aromatic heterocycles. The number of aliphatic hydroxyl groups excluding tert-OH is 1. The van der Waals surface area contributed by atoms with E-state index in [2.05, 4.69) is 41.3 Å². The average molecular weight is 279 g/mol. The topological polar surface area (TPSA) is 85.2 Å². The first kappa shape index (κ1) is 14.0. The van der Waals surface area contributed by atoms with Crippen molar-refractivity contribution in [3.63, 3.8) is 0 Å². The first-order valence-corrected chi connectivity index (χ1v) is 7.07. The highest BCUT2D eigenvalue weighted by Gasteiger charge is 2.15. The van der Waals surface area contributed by atoms with E-state index in [1.54, 1.807) is 11.8 Å². The van der Waals surface area contributed by atoms with E-state index in [1.165, 1.54) is 5.56 Å². The van der Waals surface area contributed by atoms with Crippen LogP contribution in [-0.2, 0) is 5.75 Å². The largest absolute Gasteiger partial charge is 0.383 e. The predicted octanol–water partition coefficient (Wildman–Crippen LogP) is 2.05. The number of benzene rings is 1. The van der Waals surface area contributed by atoms with Crippen LogP contribution < -0.4 is 5.73 Å². The Morgan fingerprint density at radius 1 is 1.37 bits per heavy atom. The lowest BCUT2D eigenvalue weighted by Crippen LogP contribution is -2.06. The van der Waals surface area contributed by atoms with Gasteiger partial charge in [0.2, 0.25) is 0 Å². The zero-order chi connectivity index (χ0) is 13.7. The maximum Gasteiger partial charge on any atom is 0.255 e. The third kappa shape index (κ3) is 4.05. The Balaban J connectivity index is 1.91. The number of nitrogens with zero attached hydrogens (tertiary/aromatic N) is 2. The summed E-state index contributed by atoms with van der Waals surface area (Å²) in [4.78, 5) is 5.31. The lowest BCUT2D eigenvalue weighted by atomic mass is 10.2. The first-order chi connectivity index (χ1) is 9.19. The third-order valence-corrected chi connectivity index (χ3v) is 3.61. The van der Waals surface area contributed by atoms with E-state index >= 15 is 0 Å². The summed E-state index contributed by atoms with van der Waals surface area (Å²) in [5.74, 6) is 1.43. The Bertz CT molecular complexity index is 513. The summed E-state index contributed by atoms with van der Waals surface area (Å²) in [7, 11) is 0. The minimum atomic E-state index is -0.768. The van der Waals surface area contributed by atoms with Crippen molar-refractivity contribution in [2.45, 2.75) is 30.1 Å². The summed E-state index contributed by atoms with van der Waals surface area (Å²) in [5, 5.41) is 13.5. The van der Waals surface area contributed by atoms with Gasteiger partial charge in [-0.2, -0.15) is 4.98 Å². The molecule has 0 saturated heterocycles. The van der Waals surface area contributed by atoms with Crippen molar-refractivity contribution in [2.24, 2.45) is 5.73 Å². The van der Waals surface area contributed by atoms with Gasteiger partial charge in [0.05, 0.1) is 5.75 Å². The second-order valence-corrected chi connectivity index (χ2v) is 5.29. The highest BCUT2D eigenvalue weighted by molar-refractivity contribution is 7.98. The van der Waals surface area contributed by atoms with Crippen LogP contribution >= 0.6 is 11.8 Å². The van der Waals surface area contributed by atoms with Crippen LogP contribution in [0.25, 0.3) is 0 Å². The molecule has 0 aliphatic heterocycles. The fourth-order valence-corrected chi connectivity index (χ4v) is 2.27. The molecule has 19 heavy (non-hydrogen) atoms. The summed E-state index contributed by atoms with van der Waals surface area (Å²) in [6.45, 7) is 2.44. The van der Waals surface area contributed by atoms with Crippen molar-refractivity contribution in [3.05, 3.63) is 41.5 Å². The second-order valence-electron chi connectivity index (χ2n) is 4.24. The molecule has 0 aliphatic carbocycles. The molecular formula is C13H17N3O2S. The van der Waals surface area contributed by atoms with Crippen molar-refractivity contribution in [2.75, 3.05) is 6.54 Å². The number of aromatic nitrogens is 2. The second kappa shape index (κ2) is 6.70. The Morgan fingerprint density at radius 3 is 2.79 bits per heavy atom. The predicted molar refractivity (Wildman–Crippen MR) is 73.7 cm³/mol. The molecule has 2 rings (SSSR count). The Hall–Kier alpha value is -1.37. The summed E-state index contributed by atoms with van der Waals surface area (Å²) in [5.41, 5.74) is 6.60. The lowest BCUT2D eigenvalue weighted by molar-refractivity contribution is 0.127. The highest BCUT2D eigenvalue weighted by atomic mass is 32.2. The molecule has 0 aliphatic rings. The van der Waals surface area contributed by atoms with Gasteiger partial charge in [0.1, 0.15) is 6.10 Å². The van der Waals surface area contributed by atoms with E-state index in [1.807, 2.05) is 0 Å². The molecule has 1 aromatic carbocycles. The molecule has 0 saturated carbocycles. The van der Waals surface area contributed by atoms with Gasteiger partial charge in [-0.15, -0.1) is 11.8 Å².